The van der Waals surface area contributed by atoms with Crippen LogP contribution in [-0.2, 0) is 4.74 Å². The van der Waals surface area contributed by atoms with Crippen LogP contribution in [0.25, 0.3) is 0 Å². The molecule has 6 N–H and O–H groups in total. The number of amidine groups is 2. The minimum atomic E-state index is -1.09. The molecular formula is C20H41Cl2N9O. The highest BCUT2D eigenvalue weighted by atomic mass is 35.5. The van der Waals surface area contributed by atoms with E-state index in [2.05, 4.69) is 26.5 Å². The smallest absolute Gasteiger partial charge is 0.167 e. The highest BCUT2D eigenvalue weighted by Gasteiger charge is 2.39. The summed E-state index contributed by atoms with van der Waals surface area (Å²) >= 11 is 0. The van der Waals surface area contributed by atoms with Crippen LogP contribution in [0.4, 0.5) is 0 Å². The Morgan fingerprint density at radius 2 is 1.34 bits per heavy atom. The van der Waals surface area contributed by atoms with Crippen LogP contribution in [0.2, 0.25) is 0 Å². The minimum Gasteiger partial charge on any atom is -0.386 e. The van der Waals surface area contributed by atoms with E-state index in [0.29, 0.717) is 19.3 Å². The zero-order chi connectivity index (χ0) is 24.0. The lowest BCUT2D eigenvalue weighted by Gasteiger charge is -2.35. The summed E-state index contributed by atoms with van der Waals surface area (Å²) < 4.78 is 5.74. The van der Waals surface area contributed by atoms with Gasteiger partial charge in [-0.15, -0.1) is 24.8 Å². The average Bonchev–Trinajstić information content (AvgIpc) is 2.62. The molecule has 0 rings (SSSR count). The molecular weight excluding hydrogens is 453 g/mol. The number of azo groups is 2. The minimum absolute atomic E-state index is 0. The molecule has 186 valence electrons. The molecule has 3 atom stereocenters. The van der Waals surface area contributed by atoms with E-state index in [1.54, 1.807) is 34.8 Å². The van der Waals surface area contributed by atoms with Crippen LogP contribution in [0.5, 0.6) is 0 Å². The summed E-state index contributed by atoms with van der Waals surface area (Å²) in [6, 6.07) is 2.23. The van der Waals surface area contributed by atoms with E-state index in [1.807, 2.05) is 27.7 Å². The Labute approximate surface area is 204 Å². The summed E-state index contributed by atoms with van der Waals surface area (Å²) in [6.07, 6.45) is 1.10. The highest BCUT2D eigenvalue weighted by molar-refractivity contribution is 5.88. The number of methoxy groups -OCH3 is 1. The van der Waals surface area contributed by atoms with Crippen molar-refractivity contribution in [2.75, 3.05) is 7.11 Å². The second-order valence-corrected chi connectivity index (χ2v) is 9.95. The van der Waals surface area contributed by atoms with Crippen LogP contribution in [0.15, 0.2) is 20.5 Å². The van der Waals surface area contributed by atoms with Crippen molar-refractivity contribution in [3.63, 3.8) is 0 Å². The van der Waals surface area contributed by atoms with Crippen molar-refractivity contribution in [2.24, 2.45) is 31.9 Å². The average molecular weight is 495 g/mol. The molecule has 10 nitrogen and oxygen atoms in total. The summed E-state index contributed by atoms with van der Waals surface area (Å²) in [5.41, 5.74) is 7.10. The van der Waals surface area contributed by atoms with Crippen LogP contribution in [0.3, 0.4) is 0 Å². The number of rotatable bonds is 11. The zero-order valence-electron chi connectivity index (χ0n) is 20.7. The molecule has 0 heterocycles. The molecule has 12 heteroatoms. The summed E-state index contributed by atoms with van der Waals surface area (Å²) in [5.74, 6) is -0.285. The Hall–Kier alpha value is -1.83. The van der Waals surface area contributed by atoms with Crippen LogP contribution >= 0.6 is 24.8 Å². The molecule has 0 saturated heterocycles. The van der Waals surface area contributed by atoms with Gasteiger partial charge in [0.25, 0.3) is 0 Å². The topological polar surface area (TPSA) is 182 Å². The third kappa shape index (κ3) is 11.2. The third-order valence-electron chi connectivity index (χ3n) is 4.92. The molecule has 0 fully saturated rings. The molecule has 0 aromatic rings. The summed E-state index contributed by atoms with van der Waals surface area (Å²) in [6.45, 7) is 14.4. The number of nitrogens with two attached hydrogens (primary N) is 2. The van der Waals surface area contributed by atoms with E-state index in [-0.39, 0.29) is 36.5 Å². The van der Waals surface area contributed by atoms with Crippen LogP contribution in [0, 0.1) is 22.1 Å². The maximum absolute atomic E-state index is 9.70. The number of halogens is 2. The first-order valence-corrected chi connectivity index (χ1v) is 9.87. The van der Waals surface area contributed by atoms with Crippen molar-refractivity contribution in [3.8, 4) is 6.07 Å². The first-order chi connectivity index (χ1) is 13.3. The van der Waals surface area contributed by atoms with Crippen molar-refractivity contribution in [2.45, 2.75) is 102 Å². The first-order valence-electron chi connectivity index (χ1n) is 9.87. The molecule has 0 aromatic carbocycles. The second-order valence-electron chi connectivity index (χ2n) is 9.95. The van der Waals surface area contributed by atoms with Gasteiger partial charge in [-0.2, -0.15) is 25.7 Å². The fourth-order valence-electron chi connectivity index (χ4n) is 2.38. The van der Waals surface area contributed by atoms with Gasteiger partial charge in [-0.3, -0.25) is 10.8 Å². The van der Waals surface area contributed by atoms with Crippen molar-refractivity contribution in [3.05, 3.63) is 0 Å². The van der Waals surface area contributed by atoms with Crippen LogP contribution in [-0.4, -0.2) is 46.5 Å². The molecule has 0 saturated carbocycles. The van der Waals surface area contributed by atoms with E-state index in [4.69, 9.17) is 27.0 Å². The summed E-state index contributed by atoms with van der Waals surface area (Å²) in [5, 5.41) is 42.3. The first kappa shape index (κ1) is 34.8. The maximum Gasteiger partial charge on any atom is 0.167 e. The molecule has 0 amide bonds. The van der Waals surface area contributed by atoms with Gasteiger partial charge < -0.3 is 16.2 Å². The highest BCUT2D eigenvalue weighted by Crippen LogP contribution is 2.34. The van der Waals surface area contributed by atoms with Crippen molar-refractivity contribution < 1.29 is 4.74 Å². The Bertz CT molecular complexity index is 742. The Kier molecular flexibility index (Phi) is 13.5. The van der Waals surface area contributed by atoms with E-state index < -0.39 is 27.8 Å². The number of nitrogens with zero attached hydrogens (tertiary/aromatic N) is 5. The third-order valence-corrected chi connectivity index (χ3v) is 4.92. The molecule has 32 heavy (non-hydrogen) atoms. The Morgan fingerprint density at radius 3 is 1.69 bits per heavy atom. The lowest BCUT2D eigenvalue weighted by Crippen LogP contribution is -2.44. The van der Waals surface area contributed by atoms with E-state index in [1.165, 1.54) is 0 Å². The molecule has 0 bridgehead atoms. The largest absolute Gasteiger partial charge is 0.386 e. The molecule has 0 aliphatic heterocycles. The maximum atomic E-state index is 9.70. The monoisotopic (exact) mass is 493 g/mol. The number of hydrogen-bond donors (Lipinski definition) is 4. The predicted octanol–water partition coefficient (Wildman–Crippen LogP) is 4.80. The van der Waals surface area contributed by atoms with E-state index >= 15 is 0 Å². The fraction of sp³-hybridized carbons (Fsp3) is 0.850. The van der Waals surface area contributed by atoms with E-state index in [0.717, 1.165) is 0 Å². The molecule has 0 aliphatic rings. The molecule has 3 unspecified atom stereocenters. The number of nitrogens with one attached hydrogen (secondary N) is 2. The van der Waals surface area contributed by atoms with Gasteiger partial charge in [0, 0.05) is 13.5 Å². The van der Waals surface area contributed by atoms with E-state index in [9.17, 15) is 5.26 Å². The lowest BCUT2D eigenvalue weighted by molar-refractivity contribution is -0.0219. The SMILES string of the molecule is COC(C)(CCC(C)(N=NC(C)(C)C(=N)N)C(=N)N)CC(C)(C#N)N=NC(C)(C)C.Cl.Cl. The normalized spacial score (nSPS) is 17.9. The number of nitriles is 1. The Morgan fingerprint density at radius 1 is 0.844 bits per heavy atom. The molecule has 0 aliphatic carbocycles. The molecule has 0 spiro atoms. The van der Waals surface area contributed by atoms with Gasteiger partial charge in [-0.25, -0.2) is 0 Å². The molecule has 0 radical (unpaired) electrons. The van der Waals surface area contributed by atoms with Crippen LogP contribution in [0.1, 0.15) is 74.7 Å². The fourth-order valence-corrected chi connectivity index (χ4v) is 2.38. The van der Waals surface area contributed by atoms with Gasteiger partial charge in [0.1, 0.15) is 22.7 Å². The number of ether oxygens (including phenoxy) is 1. The number of hydrogen-bond acceptors (Lipinski definition) is 8. The van der Waals surface area contributed by atoms with Gasteiger partial charge in [-0.1, -0.05) is 0 Å². The Balaban J connectivity index is -0.00000420. The van der Waals surface area contributed by atoms with Gasteiger partial charge >= 0.3 is 0 Å². The zero-order valence-corrected chi connectivity index (χ0v) is 22.4. The van der Waals surface area contributed by atoms with Gasteiger partial charge in [0.05, 0.1) is 17.2 Å². The van der Waals surface area contributed by atoms with Gasteiger partial charge in [0.15, 0.2) is 5.54 Å². The summed E-state index contributed by atoms with van der Waals surface area (Å²) in [7, 11) is 1.57. The lowest BCUT2D eigenvalue weighted by atomic mass is 9.81. The van der Waals surface area contributed by atoms with Crippen LogP contribution < -0.4 is 11.5 Å². The van der Waals surface area contributed by atoms with Crippen molar-refractivity contribution in [1.82, 2.24) is 0 Å². The summed E-state index contributed by atoms with van der Waals surface area (Å²) in [4.78, 5) is 0. The van der Waals surface area contributed by atoms with Gasteiger partial charge in [0.2, 0.25) is 0 Å². The quantitative estimate of drug-likeness (QED) is 0.183. The molecule has 0 aromatic heterocycles. The predicted molar refractivity (Wildman–Crippen MR) is 134 cm³/mol. The van der Waals surface area contributed by atoms with Gasteiger partial charge in [-0.05, 0) is 68.2 Å². The standard InChI is InChI=1S/C20H39N9O.2ClH/c1-16(2,3)26-28-18(6,13-21)12-19(7,30-9)10-11-20(8,15(24)25)29-27-17(4,5)14(22)23;;/h10-12H2,1-9H3,(H3,22,23)(H3,24,25);2*1H. The van der Waals surface area contributed by atoms with Crippen molar-refractivity contribution >= 4 is 36.5 Å². The van der Waals surface area contributed by atoms with Crippen molar-refractivity contribution in [1.29, 1.82) is 16.1 Å². The second kappa shape index (κ2) is 12.4.